The molecule has 2 aliphatic rings. The first-order chi connectivity index (χ1) is 18.4. The Labute approximate surface area is 232 Å². The standard InChI is InChI=1S/C31H31ClN2O3S/c1-19(2)26-5-3-4-6-28(26)36-25-16-23-12-13-24(17-25)34(23)30(35)21-9-7-20(8-10-21)18-38-31-33-27-14-11-22(32)15-29(27)37-31/h3-11,14-15,19,23-25H,12-13,16-18H2,1-2H3. The van der Waals surface area contributed by atoms with Crippen molar-refractivity contribution in [2.24, 2.45) is 0 Å². The highest BCUT2D eigenvalue weighted by Gasteiger charge is 2.44. The van der Waals surface area contributed by atoms with E-state index in [1.54, 1.807) is 6.07 Å². The Hall–Kier alpha value is -2.96. The van der Waals surface area contributed by atoms with Crippen LogP contribution in [0.4, 0.5) is 0 Å². The lowest BCUT2D eigenvalue weighted by molar-refractivity contribution is 0.0356. The van der Waals surface area contributed by atoms with Crippen LogP contribution in [0.2, 0.25) is 5.02 Å². The van der Waals surface area contributed by atoms with Crippen molar-refractivity contribution in [3.63, 3.8) is 0 Å². The number of hydrogen-bond acceptors (Lipinski definition) is 5. The van der Waals surface area contributed by atoms with Crippen molar-refractivity contribution in [1.29, 1.82) is 0 Å². The number of thioether (sulfide) groups is 1. The van der Waals surface area contributed by atoms with Gasteiger partial charge in [-0.3, -0.25) is 4.79 Å². The Morgan fingerprint density at radius 3 is 2.55 bits per heavy atom. The quantitative estimate of drug-likeness (QED) is 0.219. The van der Waals surface area contributed by atoms with Crippen LogP contribution in [0.1, 0.15) is 66.9 Å². The maximum atomic E-state index is 13.5. The van der Waals surface area contributed by atoms with Crippen LogP contribution in [0.3, 0.4) is 0 Å². The molecule has 2 aliphatic heterocycles. The van der Waals surface area contributed by atoms with Crippen molar-refractivity contribution in [3.8, 4) is 5.75 Å². The molecule has 1 amide bonds. The van der Waals surface area contributed by atoms with E-state index < -0.39 is 0 Å². The number of amides is 1. The lowest BCUT2D eigenvalue weighted by Crippen LogP contribution is -2.49. The molecule has 1 aromatic heterocycles. The molecule has 5 nitrogen and oxygen atoms in total. The predicted molar refractivity (Wildman–Crippen MR) is 152 cm³/mol. The number of halogens is 1. The van der Waals surface area contributed by atoms with E-state index in [4.69, 9.17) is 20.8 Å². The van der Waals surface area contributed by atoms with Crippen LogP contribution in [-0.2, 0) is 5.75 Å². The van der Waals surface area contributed by atoms with Crippen LogP contribution in [0.25, 0.3) is 11.1 Å². The van der Waals surface area contributed by atoms with Crippen molar-refractivity contribution in [2.45, 2.75) is 74.6 Å². The number of rotatable bonds is 7. The number of nitrogens with zero attached hydrogens (tertiary/aromatic N) is 2. The molecule has 0 N–H and O–H groups in total. The first-order valence-corrected chi connectivity index (χ1v) is 14.7. The van der Waals surface area contributed by atoms with Gasteiger partial charge in [-0.2, -0.15) is 0 Å². The largest absolute Gasteiger partial charge is 0.490 e. The molecular weight excluding hydrogens is 516 g/mol. The minimum absolute atomic E-state index is 0.133. The Bertz CT molecular complexity index is 1440. The van der Waals surface area contributed by atoms with E-state index in [1.165, 1.54) is 17.3 Å². The van der Waals surface area contributed by atoms with Gasteiger partial charge < -0.3 is 14.1 Å². The van der Waals surface area contributed by atoms with Gasteiger partial charge >= 0.3 is 0 Å². The molecular formula is C31H31ClN2O3S. The lowest BCUT2D eigenvalue weighted by Gasteiger charge is -2.39. The third kappa shape index (κ3) is 5.16. The van der Waals surface area contributed by atoms with Crippen LogP contribution in [-0.4, -0.2) is 34.0 Å². The molecule has 0 spiro atoms. The summed E-state index contributed by atoms with van der Waals surface area (Å²) in [4.78, 5) is 20.2. The number of carbonyl (C=O) groups excluding carboxylic acids is 1. The smallest absolute Gasteiger partial charge is 0.257 e. The second kappa shape index (κ2) is 10.7. The highest BCUT2D eigenvalue weighted by molar-refractivity contribution is 7.98. The monoisotopic (exact) mass is 546 g/mol. The predicted octanol–water partition coefficient (Wildman–Crippen LogP) is 8.11. The Balaban J connectivity index is 1.08. The van der Waals surface area contributed by atoms with Crippen LogP contribution in [0.5, 0.6) is 5.75 Å². The second-order valence-corrected chi connectivity index (χ2v) is 11.9. The number of benzene rings is 3. The molecule has 3 aromatic carbocycles. The molecule has 7 heteroatoms. The van der Waals surface area contributed by atoms with Crippen LogP contribution >= 0.6 is 23.4 Å². The average Bonchev–Trinajstić information content (AvgIpc) is 3.44. The Morgan fingerprint density at radius 1 is 1.08 bits per heavy atom. The fourth-order valence-corrected chi connectivity index (χ4v) is 6.73. The fraction of sp³-hybridized carbons (Fsp3) is 0.355. The number of hydrogen-bond donors (Lipinski definition) is 0. The zero-order chi connectivity index (χ0) is 26.2. The van der Waals surface area contributed by atoms with E-state index in [1.807, 2.05) is 42.5 Å². The summed E-state index contributed by atoms with van der Waals surface area (Å²) in [6, 6.07) is 22.2. The highest BCUT2D eigenvalue weighted by atomic mass is 35.5. The number of ether oxygens (including phenoxy) is 1. The molecule has 0 aliphatic carbocycles. The van der Waals surface area contributed by atoms with Gasteiger partial charge in [0.25, 0.3) is 11.1 Å². The van der Waals surface area contributed by atoms with E-state index in [2.05, 4.69) is 41.9 Å². The normalized spacial score (nSPS) is 20.8. The van der Waals surface area contributed by atoms with Crippen molar-refractivity contribution in [1.82, 2.24) is 9.88 Å². The minimum Gasteiger partial charge on any atom is -0.490 e. The molecule has 4 aromatic rings. The SMILES string of the molecule is CC(C)c1ccccc1OC1CC2CCC(C1)N2C(=O)c1ccc(CSc2nc3ccc(Cl)cc3o2)cc1. The molecule has 38 heavy (non-hydrogen) atoms. The summed E-state index contributed by atoms with van der Waals surface area (Å²) >= 11 is 7.57. The van der Waals surface area contributed by atoms with Gasteiger partial charge in [-0.1, -0.05) is 67.5 Å². The average molecular weight is 547 g/mol. The summed E-state index contributed by atoms with van der Waals surface area (Å²) in [5.74, 6) is 2.25. The summed E-state index contributed by atoms with van der Waals surface area (Å²) in [6.07, 6.45) is 4.02. The Morgan fingerprint density at radius 2 is 1.82 bits per heavy atom. The van der Waals surface area contributed by atoms with E-state index >= 15 is 0 Å². The molecule has 0 saturated carbocycles. The number of carbonyl (C=O) groups is 1. The van der Waals surface area contributed by atoms with E-state index in [-0.39, 0.29) is 24.1 Å². The van der Waals surface area contributed by atoms with Crippen molar-refractivity contribution >= 4 is 40.4 Å². The molecule has 196 valence electrons. The third-order valence-corrected chi connectivity index (χ3v) is 8.79. The molecule has 2 bridgehead atoms. The van der Waals surface area contributed by atoms with E-state index in [0.717, 1.165) is 48.1 Å². The summed E-state index contributed by atoms with van der Waals surface area (Å²) < 4.78 is 12.3. The molecule has 6 rings (SSSR count). The molecule has 3 heterocycles. The van der Waals surface area contributed by atoms with Gasteiger partial charge in [0.1, 0.15) is 17.4 Å². The van der Waals surface area contributed by atoms with Crippen molar-refractivity contribution in [3.05, 3.63) is 88.4 Å². The van der Waals surface area contributed by atoms with Gasteiger partial charge in [0.2, 0.25) is 0 Å². The number of fused-ring (bicyclic) bond motifs is 3. The number of para-hydroxylation sites is 1. The first-order valence-electron chi connectivity index (χ1n) is 13.3. The molecule has 2 fully saturated rings. The van der Waals surface area contributed by atoms with Crippen LogP contribution in [0.15, 0.2) is 76.4 Å². The molecule has 2 atom stereocenters. The van der Waals surface area contributed by atoms with E-state index in [9.17, 15) is 4.79 Å². The lowest BCUT2D eigenvalue weighted by atomic mass is 9.97. The van der Waals surface area contributed by atoms with Crippen molar-refractivity contribution < 1.29 is 13.9 Å². The molecule has 2 unspecified atom stereocenters. The van der Waals surface area contributed by atoms with Gasteiger partial charge in [0, 0.05) is 47.3 Å². The summed E-state index contributed by atoms with van der Waals surface area (Å²) in [6.45, 7) is 4.40. The minimum atomic E-state index is 0.133. The van der Waals surface area contributed by atoms with Gasteiger partial charge in [0.15, 0.2) is 5.58 Å². The highest BCUT2D eigenvalue weighted by Crippen LogP contribution is 2.39. The molecule has 0 radical (unpaired) electrons. The van der Waals surface area contributed by atoms with Crippen LogP contribution in [0, 0.1) is 0 Å². The zero-order valence-electron chi connectivity index (χ0n) is 21.6. The molecule has 2 saturated heterocycles. The summed E-state index contributed by atoms with van der Waals surface area (Å²) in [5, 5.41) is 1.24. The second-order valence-electron chi connectivity index (χ2n) is 10.6. The first kappa shape index (κ1) is 25.3. The topological polar surface area (TPSA) is 55.6 Å². The van der Waals surface area contributed by atoms with Gasteiger partial charge in [-0.25, -0.2) is 4.98 Å². The number of aromatic nitrogens is 1. The summed E-state index contributed by atoms with van der Waals surface area (Å²) in [7, 11) is 0. The maximum absolute atomic E-state index is 13.5. The Kier molecular flexibility index (Phi) is 7.10. The third-order valence-electron chi connectivity index (χ3n) is 7.65. The van der Waals surface area contributed by atoms with Gasteiger partial charge in [0.05, 0.1) is 0 Å². The van der Waals surface area contributed by atoms with Crippen molar-refractivity contribution in [2.75, 3.05) is 0 Å². The zero-order valence-corrected chi connectivity index (χ0v) is 23.2. The van der Waals surface area contributed by atoms with E-state index in [0.29, 0.717) is 27.5 Å². The van der Waals surface area contributed by atoms with Gasteiger partial charge in [-0.05, 0) is 60.2 Å². The van der Waals surface area contributed by atoms with Gasteiger partial charge in [-0.15, -0.1) is 0 Å². The van der Waals surface area contributed by atoms with Crippen LogP contribution < -0.4 is 4.74 Å². The fourth-order valence-electron chi connectivity index (χ4n) is 5.78. The maximum Gasteiger partial charge on any atom is 0.257 e. The number of oxazole rings is 1. The number of piperidine rings is 1. The summed E-state index contributed by atoms with van der Waals surface area (Å²) in [5.41, 5.74) is 4.60.